The molecule has 0 saturated carbocycles. The minimum Gasteiger partial charge on any atom is -0.344 e. The van der Waals surface area contributed by atoms with Crippen molar-refractivity contribution in [2.24, 2.45) is 11.7 Å². The monoisotopic (exact) mass is 275 g/mol. The molecule has 0 aromatic heterocycles. The van der Waals surface area contributed by atoms with Crippen LogP contribution in [0, 0.1) is 5.92 Å². The van der Waals surface area contributed by atoms with E-state index in [9.17, 15) is 4.79 Å². The highest BCUT2D eigenvalue weighted by Gasteiger charge is 2.25. The molecular formula is C16H25N3O. The third-order valence-corrected chi connectivity index (χ3v) is 3.92. The van der Waals surface area contributed by atoms with Gasteiger partial charge in [-0.3, -0.25) is 9.69 Å². The number of rotatable bonds is 5. The van der Waals surface area contributed by atoms with E-state index in [1.54, 1.807) is 11.8 Å². The van der Waals surface area contributed by atoms with Crippen molar-refractivity contribution in [3.8, 4) is 0 Å². The van der Waals surface area contributed by atoms with Gasteiger partial charge in [-0.15, -0.1) is 0 Å². The van der Waals surface area contributed by atoms with Gasteiger partial charge in [0.15, 0.2) is 0 Å². The Kier molecular flexibility index (Phi) is 5.15. The van der Waals surface area contributed by atoms with E-state index in [-0.39, 0.29) is 5.91 Å². The van der Waals surface area contributed by atoms with Crippen LogP contribution in [0.2, 0.25) is 0 Å². The predicted molar refractivity (Wildman–Crippen MR) is 81.1 cm³/mol. The van der Waals surface area contributed by atoms with Crippen LogP contribution in [0.25, 0.3) is 0 Å². The van der Waals surface area contributed by atoms with Crippen LogP contribution in [0.4, 0.5) is 0 Å². The Morgan fingerprint density at radius 2 is 2.15 bits per heavy atom. The minimum atomic E-state index is -0.401. The van der Waals surface area contributed by atoms with Crippen LogP contribution in [0.15, 0.2) is 30.3 Å². The molecule has 1 aromatic carbocycles. The maximum absolute atomic E-state index is 11.8. The Balaban J connectivity index is 1.79. The second-order valence-corrected chi connectivity index (χ2v) is 5.88. The number of hydrogen-bond acceptors (Lipinski definition) is 3. The highest BCUT2D eigenvalue weighted by Crippen LogP contribution is 2.19. The molecule has 110 valence electrons. The van der Waals surface area contributed by atoms with E-state index in [2.05, 4.69) is 29.2 Å². The molecule has 1 aromatic rings. The lowest BCUT2D eigenvalue weighted by molar-refractivity contribution is -0.131. The van der Waals surface area contributed by atoms with Crippen LogP contribution in [-0.4, -0.2) is 48.4 Å². The number of nitrogens with zero attached hydrogens (tertiary/aromatic N) is 2. The molecule has 0 bridgehead atoms. The summed E-state index contributed by atoms with van der Waals surface area (Å²) in [6.07, 6.45) is 1.16. The predicted octanol–water partition coefficient (Wildman–Crippen LogP) is 1.31. The molecule has 1 heterocycles. The number of carbonyl (C=O) groups is 1. The molecule has 4 heteroatoms. The van der Waals surface area contributed by atoms with Crippen molar-refractivity contribution in [2.75, 3.05) is 26.7 Å². The molecule has 4 nitrogen and oxygen atoms in total. The lowest BCUT2D eigenvalue weighted by atomic mass is 10.1. The van der Waals surface area contributed by atoms with E-state index in [4.69, 9.17) is 5.73 Å². The summed E-state index contributed by atoms with van der Waals surface area (Å²) in [7, 11) is 1.85. The average molecular weight is 275 g/mol. The first kappa shape index (κ1) is 15.0. The third kappa shape index (κ3) is 4.05. The van der Waals surface area contributed by atoms with E-state index < -0.39 is 6.04 Å². The lowest BCUT2D eigenvalue weighted by Gasteiger charge is -2.23. The third-order valence-electron chi connectivity index (χ3n) is 3.92. The fourth-order valence-corrected chi connectivity index (χ4v) is 2.87. The zero-order valence-corrected chi connectivity index (χ0v) is 12.5. The van der Waals surface area contributed by atoms with Gasteiger partial charge in [0.05, 0.1) is 6.04 Å². The molecular weight excluding hydrogens is 250 g/mol. The molecule has 1 fully saturated rings. The first-order valence-corrected chi connectivity index (χ1v) is 7.33. The molecule has 1 unspecified atom stereocenters. The summed E-state index contributed by atoms with van der Waals surface area (Å²) in [5.74, 6) is 0.595. The maximum Gasteiger partial charge on any atom is 0.238 e. The van der Waals surface area contributed by atoms with Crippen LogP contribution in [0.1, 0.15) is 18.9 Å². The van der Waals surface area contributed by atoms with Crippen molar-refractivity contribution < 1.29 is 4.79 Å². The standard InChI is InChI=1S/C16H25N3O/c1-13(17)16(20)18(2)10-15-8-9-19(12-15)11-14-6-4-3-5-7-14/h3-7,13,15H,8-12,17H2,1-2H3/t13-,15?/m1/s1. The van der Waals surface area contributed by atoms with Gasteiger partial charge in [-0.25, -0.2) is 0 Å². The van der Waals surface area contributed by atoms with Crippen LogP contribution in [0.3, 0.4) is 0 Å². The van der Waals surface area contributed by atoms with Gasteiger partial charge in [0.1, 0.15) is 0 Å². The molecule has 0 aliphatic carbocycles. The van der Waals surface area contributed by atoms with Crippen molar-refractivity contribution >= 4 is 5.91 Å². The lowest BCUT2D eigenvalue weighted by Crippen LogP contribution is -2.42. The smallest absolute Gasteiger partial charge is 0.238 e. The van der Waals surface area contributed by atoms with Gasteiger partial charge in [0.2, 0.25) is 5.91 Å². The minimum absolute atomic E-state index is 0.0338. The molecule has 1 aliphatic rings. The first-order valence-electron chi connectivity index (χ1n) is 7.33. The van der Waals surface area contributed by atoms with E-state index in [1.165, 1.54) is 5.56 Å². The van der Waals surface area contributed by atoms with Gasteiger partial charge in [0, 0.05) is 26.7 Å². The topological polar surface area (TPSA) is 49.6 Å². The normalized spacial score (nSPS) is 20.9. The van der Waals surface area contributed by atoms with Crippen molar-refractivity contribution in [3.05, 3.63) is 35.9 Å². The Morgan fingerprint density at radius 3 is 2.80 bits per heavy atom. The quantitative estimate of drug-likeness (QED) is 0.881. The fourth-order valence-electron chi connectivity index (χ4n) is 2.87. The Labute approximate surface area is 121 Å². The molecule has 0 spiro atoms. The summed E-state index contributed by atoms with van der Waals surface area (Å²) in [6, 6.07) is 10.1. The largest absolute Gasteiger partial charge is 0.344 e. The second-order valence-electron chi connectivity index (χ2n) is 5.88. The number of carbonyl (C=O) groups excluding carboxylic acids is 1. The van der Waals surface area contributed by atoms with Crippen molar-refractivity contribution in [3.63, 3.8) is 0 Å². The molecule has 20 heavy (non-hydrogen) atoms. The maximum atomic E-state index is 11.8. The van der Waals surface area contributed by atoms with Gasteiger partial charge in [-0.1, -0.05) is 30.3 Å². The Morgan fingerprint density at radius 1 is 1.45 bits per heavy atom. The van der Waals surface area contributed by atoms with Gasteiger partial charge in [-0.05, 0) is 31.4 Å². The summed E-state index contributed by atoms with van der Waals surface area (Å²) in [5, 5.41) is 0. The van der Waals surface area contributed by atoms with Gasteiger partial charge < -0.3 is 10.6 Å². The zero-order chi connectivity index (χ0) is 14.5. The highest BCUT2D eigenvalue weighted by atomic mass is 16.2. The van der Waals surface area contributed by atoms with E-state index in [0.29, 0.717) is 5.92 Å². The number of hydrogen-bond donors (Lipinski definition) is 1. The van der Waals surface area contributed by atoms with E-state index in [1.807, 2.05) is 13.1 Å². The second kappa shape index (κ2) is 6.86. The fraction of sp³-hybridized carbons (Fsp3) is 0.562. The molecule has 2 rings (SSSR count). The number of nitrogens with two attached hydrogens (primary N) is 1. The van der Waals surface area contributed by atoms with Gasteiger partial charge >= 0.3 is 0 Å². The first-order chi connectivity index (χ1) is 9.56. The zero-order valence-electron chi connectivity index (χ0n) is 12.5. The molecule has 2 atom stereocenters. The van der Waals surface area contributed by atoms with Gasteiger partial charge in [0.25, 0.3) is 0 Å². The SMILES string of the molecule is C[C@@H](N)C(=O)N(C)CC1CCN(Cc2ccccc2)C1. The average Bonchev–Trinajstić information content (AvgIpc) is 2.86. The molecule has 0 radical (unpaired) electrons. The number of likely N-dealkylation sites (N-methyl/N-ethyl adjacent to an activating group) is 1. The van der Waals surface area contributed by atoms with Crippen LogP contribution in [0.5, 0.6) is 0 Å². The Bertz CT molecular complexity index is 433. The summed E-state index contributed by atoms with van der Waals surface area (Å²) >= 11 is 0. The van der Waals surface area contributed by atoms with Gasteiger partial charge in [-0.2, -0.15) is 0 Å². The summed E-state index contributed by atoms with van der Waals surface area (Å²) in [5.41, 5.74) is 6.99. The van der Waals surface area contributed by atoms with Crippen LogP contribution >= 0.6 is 0 Å². The number of likely N-dealkylation sites (tertiary alicyclic amines) is 1. The van der Waals surface area contributed by atoms with Crippen LogP contribution in [-0.2, 0) is 11.3 Å². The Hall–Kier alpha value is -1.39. The molecule has 1 saturated heterocycles. The summed E-state index contributed by atoms with van der Waals surface area (Å²) in [6.45, 7) is 5.73. The molecule has 2 N–H and O–H groups in total. The van der Waals surface area contributed by atoms with Crippen molar-refractivity contribution in [2.45, 2.75) is 25.9 Å². The molecule has 1 amide bonds. The van der Waals surface area contributed by atoms with E-state index in [0.717, 1.165) is 32.6 Å². The number of amides is 1. The highest BCUT2D eigenvalue weighted by molar-refractivity contribution is 5.80. The van der Waals surface area contributed by atoms with Crippen molar-refractivity contribution in [1.29, 1.82) is 0 Å². The number of benzene rings is 1. The molecule has 1 aliphatic heterocycles. The summed E-state index contributed by atoms with van der Waals surface area (Å²) < 4.78 is 0. The van der Waals surface area contributed by atoms with Crippen molar-refractivity contribution in [1.82, 2.24) is 9.80 Å². The van der Waals surface area contributed by atoms with E-state index >= 15 is 0 Å². The van der Waals surface area contributed by atoms with Crippen LogP contribution < -0.4 is 5.73 Å². The summed E-state index contributed by atoms with van der Waals surface area (Å²) in [4.78, 5) is 16.0.